The number of carbonyl (C=O) groups excluding carboxylic acids is 2. The number of nitrogens with one attached hydrogen (secondary N) is 2. The molecule has 13 nitrogen and oxygen atoms in total. The van der Waals surface area contributed by atoms with Gasteiger partial charge in [-0.1, -0.05) is 25.0 Å². The first-order valence-electron chi connectivity index (χ1n) is 11.3. The number of nitrogens with zero attached hydrogens (tertiary/aromatic N) is 4. The van der Waals surface area contributed by atoms with Crippen LogP contribution in [0.15, 0.2) is 24.3 Å². The summed E-state index contributed by atoms with van der Waals surface area (Å²) < 4.78 is 27.8. The van der Waals surface area contributed by atoms with Crippen molar-refractivity contribution >= 4 is 27.8 Å². The zero-order chi connectivity index (χ0) is 24.3. The number of hydrogen-bond acceptors (Lipinski definition) is 7. The third-order valence-electron chi connectivity index (χ3n) is 6.18. The molecule has 1 aromatic rings. The van der Waals surface area contributed by atoms with Crippen LogP contribution >= 0.6 is 0 Å². The highest BCUT2D eigenvalue weighted by molar-refractivity contribution is 7.86. The SMILES string of the molecule is O=C1NC[C@@H](CCCCCC(=O)N2CCN(S(=O)(=O)N3OC3c3ccccc3[N+](=O)[O-])CC2)N1. The van der Waals surface area contributed by atoms with Crippen LogP contribution in [0.2, 0.25) is 0 Å². The summed E-state index contributed by atoms with van der Waals surface area (Å²) in [5.74, 6) is -0.00588. The number of hydroxylamine groups is 1. The molecule has 2 unspecified atom stereocenters. The van der Waals surface area contributed by atoms with E-state index in [1.165, 1.54) is 22.5 Å². The van der Waals surface area contributed by atoms with Gasteiger partial charge in [0.05, 0.1) is 10.5 Å². The van der Waals surface area contributed by atoms with E-state index < -0.39 is 21.4 Å². The van der Waals surface area contributed by atoms with Gasteiger partial charge < -0.3 is 15.5 Å². The minimum absolute atomic E-state index is 0.00588. The summed E-state index contributed by atoms with van der Waals surface area (Å²) in [6.45, 7) is 1.46. The van der Waals surface area contributed by atoms with Crippen molar-refractivity contribution in [3.05, 3.63) is 39.9 Å². The largest absolute Gasteiger partial charge is 0.340 e. The minimum atomic E-state index is -3.97. The fourth-order valence-electron chi connectivity index (χ4n) is 4.24. The molecule has 3 aliphatic heterocycles. The molecule has 3 atom stereocenters. The van der Waals surface area contributed by atoms with Crippen molar-refractivity contribution in [3.63, 3.8) is 0 Å². The van der Waals surface area contributed by atoms with Gasteiger partial charge in [-0.25, -0.2) is 4.79 Å². The van der Waals surface area contributed by atoms with Crippen LogP contribution in [0.4, 0.5) is 10.5 Å². The number of unbranched alkanes of at least 4 members (excludes halogenated alkanes) is 2. The van der Waals surface area contributed by atoms with Crippen LogP contribution in [0.5, 0.6) is 0 Å². The van der Waals surface area contributed by atoms with E-state index in [0.717, 1.165) is 30.2 Å². The molecule has 3 amide bonds. The Balaban J connectivity index is 1.19. The van der Waals surface area contributed by atoms with Gasteiger partial charge in [0.2, 0.25) is 12.1 Å². The van der Waals surface area contributed by atoms with E-state index in [9.17, 15) is 28.1 Å². The molecular weight excluding hydrogens is 468 g/mol. The number of benzene rings is 1. The van der Waals surface area contributed by atoms with E-state index in [1.54, 1.807) is 11.0 Å². The van der Waals surface area contributed by atoms with Gasteiger partial charge in [0, 0.05) is 51.3 Å². The number of piperazine rings is 1. The zero-order valence-corrected chi connectivity index (χ0v) is 19.4. The number of carbonyl (C=O) groups is 2. The van der Waals surface area contributed by atoms with Gasteiger partial charge in [0.15, 0.2) is 0 Å². The van der Waals surface area contributed by atoms with Gasteiger partial charge in [-0.05, 0) is 23.4 Å². The van der Waals surface area contributed by atoms with Crippen LogP contribution < -0.4 is 10.6 Å². The first-order valence-corrected chi connectivity index (χ1v) is 12.7. The molecule has 4 rings (SSSR count). The van der Waals surface area contributed by atoms with Crippen molar-refractivity contribution in [2.24, 2.45) is 0 Å². The van der Waals surface area contributed by atoms with Gasteiger partial charge in [-0.2, -0.15) is 12.7 Å². The van der Waals surface area contributed by atoms with Crippen molar-refractivity contribution in [3.8, 4) is 0 Å². The third kappa shape index (κ3) is 5.46. The lowest BCUT2D eigenvalue weighted by Gasteiger charge is -2.33. The molecule has 0 bridgehead atoms. The maximum atomic E-state index is 12.9. The molecule has 0 aliphatic carbocycles. The lowest BCUT2D eigenvalue weighted by molar-refractivity contribution is -0.385. The summed E-state index contributed by atoms with van der Waals surface area (Å²) in [7, 11) is -3.97. The third-order valence-corrected chi connectivity index (χ3v) is 7.93. The monoisotopic (exact) mass is 496 g/mol. The van der Waals surface area contributed by atoms with Gasteiger partial charge in [-0.15, -0.1) is 0 Å². The summed E-state index contributed by atoms with van der Waals surface area (Å²) >= 11 is 0. The van der Waals surface area contributed by atoms with Crippen LogP contribution in [0.3, 0.4) is 0 Å². The maximum Gasteiger partial charge on any atom is 0.315 e. The smallest absolute Gasteiger partial charge is 0.315 e. The number of nitro groups is 1. The zero-order valence-electron chi connectivity index (χ0n) is 18.6. The second-order valence-corrected chi connectivity index (χ2v) is 10.2. The first-order chi connectivity index (χ1) is 16.3. The van der Waals surface area contributed by atoms with Crippen molar-refractivity contribution < 1.29 is 27.8 Å². The molecule has 3 aliphatic rings. The van der Waals surface area contributed by atoms with Gasteiger partial charge in [0.1, 0.15) is 0 Å². The van der Waals surface area contributed by atoms with Crippen molar-refractivity contribution in [2.45, 2.75) is 44.4 Å². The van der Waals surface area contributed by atoms with E-state index in [4.69, 9.17) is 4.84 Å². The Hall–Kier alpha value is -2.81. The van der Waals surface area contributed by atoms with Crippen LogP contribution in [0, 0.1) is 10.1 Å². The Labute approximate surface area is 197 Å². The number of urea groups is 1. The lowest BCUT2D eigenvalue weighted by atomic mass is 10.1. The number of nitro benzene ring substituents is 1. The molecule has 2 N–H and O–H groups in total. The quantitative estimate of drug-likeness (QED) is 0.210. The normalized spacial score (nSPS) is 25.0. The highest BCUT2D eigenvalue weighted by Gasteiger charge is 2.53. The molecule has 3 saturated heterocycles. The van der Waals surface area contributed by atoms with E-state index in [1.807, 2.05) is 0 Å². The lowest BCUT2D eigenvalue weighted by Crippen LogP contribution is -2.51. The van der Waals surface area contributed by atoms with Crippen molar-refractivity contribution in [1.82, 2.24) is 24.3 Å². The molecule has 1 aromatic carbocycles. The number of hydrogen-bond donors (Lipinski definition) is 2. The fraction of sp³-hybridized carbons (Fsp3) is 0.600. The predicted octanol–water partition coefficient (Wildman–Crippen LogP) is 0.862. The Bertz CT molecular complexity index is 1040. The molecule has 0 radical (unpaired) electrons. The average molecular weight is 497 g/mol. The molecule has 186 valence electrons. The van der Waals surface area contributed by atoms with Gasteiger partial charge in [-0.3, -0.25) is 19.7 Å². The molecule has 14 heteroatoms. The summed E-state index contributed by atoms with van der Waals surface area (Å²) in [5, 5.41) is 16.8. The van der Waals surface area contributed by atoms with E-state index >= 15 is 0 Å². The Morgan fingerprint density at radius 1 is 1.15 bits per heavy atom. The molecule has 3 heterocycles. The second kappa shape index (κ2) is 10.2. The van der Waals surface area contributed by atoms with E-state index in [0.29, 0.717) is 13.0 Å². The van der Waals surface area contributed by atoms with E-state index in [-0.39, 0.29) is 55.4 Å². The van der Waals surface area contributed by atoms with Crippen LogP contribution in [-0.2, 0) is 19.8 Å². The fourth-order valence-corrected chi connectivity index (χ4v) is 5.64. The van der Waals surface area contributed by atoms with E-state index in [2.05, 4.69) is 10.6 Å². The number of amides is 3. The van der Waals surface area contributed by atoms with Crippen LogP contribution in [0.25, 0.3) is 0 Å². The highest BCUT2D eigenvalue weighted by Crippen LogP contribution is 2.44. The van der Waals surface area contributed by atoms with Crippen LogP contribution in [0.1, 0.15) is 43.9 Å². The number of rotatable bonds is 10. The minimum Gasteiger partial charge on any atom is -0.340 e. The Morgan fingerprint density at radius 2 is 1.88 bits per heavy atom. The van der Waals surface area contributed by atoms with Crippen molar-refractivity contribution in [1.29, 1.82) is 0 Å². The Morgan fingerprint density at radius 3 is 2.56 bits per heavy atom. The van der Waals surface area contributed by atoms with Crippen molar-refractivity contribution in [2.75, 3.05) is 32.7 Å². The number of para-hydroxylation sites is 1. The molecule has 34 heavy (non-hydrogen) atoms. The van der Waals surface area contributed by atoms with Gasteiger partial charge in [0.25, 0.3) is 5.69 Å². The van der Waals surface area contributed by atoms with Crippen LogP contribution in [-0.4, -0.2) is 77.7 Å². The summed E-state index contributed by atoms with van der Waals surface area (Å²) in [4.78, 5) is 41.1. The molecule has 0 aromatic heterocycles. The maximum absolute atomic E-state index is 12.9. The summed E-state index contributed by atoms with van der Waals surface area (Å²) in [6, 6.07) is 5.88. The summed E-state index contributed by atoms with van der Waals surface area (Å²) in [5.41, 5.74) is -0.0262. The predicted molar refractivity (Wildman–Crippen MR) is 119 cm³/mol. The first kappa shape index (κ1) is 24.3. The highest BCUT2D eigenvalue weighted by atomic mass is 32.2. The topological polar surface area (TPSA) is 158 Å². The standard InChI is InChI=1S/C20H28N6O7S/c27-18(9-3-1-2-6-15-14-21-20(28)22-15)23-10-12-24(13-11-23)34(31,32)26-19(33-26)16-7-4-5-8-17(16)25(29)30/h4-5,7-8,15,19H,1-3,6,9-14H2,(H2,21,22,28)/t15-,19?,26?/m1/s1. The molecule has 0 spiro atoms. The average Bonchev–Trinajstić information content (AvgIpc) is 3.54. The molecule has 3 fully saturated rings. The Kier molecular flexibility index (Phi) is 7.30. The second-order valence-electron chi connectivity index (χ2n) is 8.47. The van der Waals surface area contributed by atoms with Gasteiger partial charge >= 0.3 is 16.2 Å². The summed E-state index contributed by atoms with van der Waals surface area (Å²) in [6.07, 6.45) is 2.78. The molecule has 0 saturated carbocycles. The molecular formula is C20H28N6O7S.